The van der Waals surface area contributed by atoms with E-state index in [-0.39, 0.29) is 29.5 Å². The van der Waals surface area contributed by atoms with Crippen molar-refractivity contribution >= 4 is 15.7 Å². The molecule has 1 heterocycles. The molecule has 2 saturated carbocycles. The van der Waals surface area contributed by atoms with E-state index in [0.29, 0.717) is 19.0 Å². The van der Waals surface area contributed by atoms with Gasteiger partial charge in [-0.2, -0.15) is 0 Å². The Morgan fingerprint density at radius 2 is 1.64 bits per heavy atom. The SMILES string of the molecule is Cc1ccc(CN(CC(=O)N(C2CCCC2)C2CCS(=O)(=O)C2)C2CC2)cc1. The Balaban J connectivity index is 1.47. The number of sulfone groups is 1. The molecule has 0 spiro atoms. The van der Waals surface area contributed by atoms with Gasteiger partial charge in [0.2, 0.25) is 5.91 Å². The number of rotatable bonds is 7. The average Bonchev–Trinajstić information content (AvgIpc) is 3.25. The molecule has 28 heavy (non-hydrogen) atoms. The Hall–Kier alpha value is -1.40. The van der Waals surface area contributed by atoms with Crippen LogP contribution in [0.15, 0.2) is 24.3 Å². The van der Waals surface area contributed by atoms with E-state index in [2.05, 4.69) is 36.1 Å². The molecule has 1 aromatic rings. The van der Waals surface area contributed by atoms with Gasteiger partial charge in [0, 0.05) is 24.7 Å². The summed E-state index contributed by atoms with van der Waals surface area (Å²) in [7, 11) is -3.00. The molecule has 1 unspecified atom stereocenters. The van der Waals surface area contributed by atoms with Gasteiger partial charge in [-0.1, -0.05) is 42.7 Å². The summed E-state index contributed by atoms with van der Waals surface area (Å²) in [6.45, 7) is 3.28. The lowest BCUT2D eigenvalue weighted by Gasteiger charge is -2.36. The molecule has 2 aliphatic carbocycles. The molecule has 6 heteroatoms. The zero-order valence-electron chi connectivity index (χ0n) is 16.8. The van der Waals surface area contributed by atoms with Gasteiger partial charge in [-0.3, -0.25) is 9.69 Å². The van der Waals surface area contributed by atoms with E-state index in [1.165, 1.54) is 11.1 Å². The smallest absolute Gasteiger partial charge is 0.237 e. The maximum atomic E-state index is 13.4. The Bertz CT molecular complexity index is 796. The molecule has 5 nitrogen and oxygen atoms in total. The summed E-state index contributed by atoms with van der Waals surface area (Å²) >= 11 is 0. The molecule has 0 bridgehead atoms. The maximum Gasteiger partial charge on any atom is 0.237 e. The van der Waals surface area contributed by atoms with Crippen LogP contribution in [0.3, 0.4) is 0 Å². The van der Waals surface area contributed by atoms with Gasteiger partial charge >= 0.3 is 0 Å². The first kappa shape index (κ1) is 19.9. The van der Waals surface area contributed by atoms with Gasteiger partial charge in [-0.15, -0.1) is 0 Å². The minimum absolute atomic E-state index is 0.124. The van der Waals surface area contributed by atoms with Gasteiger partial charge in [0.25, 0.3) is 0 Å². The van der Waals surface area contributed by atoms with Gasteiger partial charge in [0.1, 0.15) is 0 Å². The van der Waals surface area contributed by atoms with Crippen molar-refractivity contribution in [2.45, 2.75) is 76.5 Å². The highest BCUT2D eigenvalue weighted by Gasteiger charge is 2.40. The van der Waals surface area contributed by atoms with Crippen molar-refractivity contribution in [3.8, 4) is 0 Å². The second-order valence-corrected chi connectivity index (χ2v) is 11.1. The van der Waals surface area contributed by atoms with Gasteiger partial charge in [0.05, 0.1) is 18.1 Å². The molecule has 0 radical (unpaired) electrons. The molecule has 1 atom stereocenters. The van der Waals surface area contributed by atoms with Gasteiger partial charge in [-0.25, -0.2) is 8.42 Å². The summed E-state index contributed by atoms with van der Waals surface area (Å²) in [5.41, 5.74) is 2.48. The summed E-state index contributed by atoms with van der Waals surface area (Å²) in [5, 5.41) is 0. The highest BCUT2D eigenvalue weighted by molar-refractivity contribution is 7.91. The maximum absolute atomic E-state index is 13.4. The normalized spacial score (nSPS) is 24.7. The predicted octanol–water partition coefficient (Wildman–Crippen LogP) is 2.92. The van der Waals surface area contributed by atoms with Crippen molar-refractivity contribution in [1.82, 2.24) is 9.80 Å². The first-order chi connectivity index (χ1) is 13.4. The third kappa shape index (κ3) is 4.77. The second kappa shape index (κ2) is 8.15. The van der Waals surface area contributed by atoms with Crippen molar-refractivity contribution < 1.29 is 13.2 Å². The van der Waals surface area contributed by atoms with Crippen LogP contribution in [0.2, 0.25) is 0 Å². The number of hydrogen-bond acceptors (Lipinski definition) is 4. The van der Waals surface area contributed by atoms with Crippen molar-refractivity contribution in [2.24, 2.45) is 0 Å². The number of benzene rings is 1. The van der Waals surface area contributed by atoms with Crippen LogP contribution in [0, 0.1) is 6.92 Å². The molecule has 3 fully saturated rings. The highest BCUT2D eigenvalue weighted by Crippen LogP contribution is 2.32. The Kier molecular flexibility index (Phi) is 5.79. The number of hydrogen-bond donors (Lipinski definition) is 0. The molecule has 0 aromatic heterocycles. The largest absolute Gasteiger partial charge is 0.335 e. The lowest BCUT2D eigenvalue weighted by Crippen LogP contribution is -2.50. The third-order valence-corrected chi connectivity index (χ3v) is 8.27. The fourth-order valence-electron chi connectivity index (χ4n) is 4.82. The standard InChI is InChI=1S/C22H32N2O3S/c1-17-6-8-18(9-7-17)14-23(19-10-11-19)15-22(25)24(20-4-2-3-5-20)21-12-13-28(26,27)16-21/h6-9,19-21H,2-5,10-16H2,1H3. The molecule has 3 aliphatic rings. The topological polar surface area (TPSA) is 57.7 Å². The van der Waals surface area contributed by atoms with Crippen LogP contribution in [-0.2, 0) is 21.2 Å². The summed E-state index contributed by atoms with van der Waals surface area (Å²) in [6, 6.07) is 9.13. The molecule has 4 rings (SSSR count). The first-order valence-electron chi connectivity index (χ1n) is 10.7. The van der Waals surface area contributed by atoms with Crippen LogP contribution in [0.4, 0.5) is 0 Å². The van der Waals surface area contributed by atoms with Crippen molar-refractivity contribution in [1.29, 1.82) is 0 Å². The van der Waals surface area contributed by atoms with E-state index in [9.17, 15) is 13.2 Å². The first-order valence-corrected chi connectivity index (χ1v) is 12.5. The molecule has 1 amide bonds. The minimum Gasteiger partial charge on any atom is -0.335 e. The Labute approximate surface area is 169 Å². The van der Waals surface area contributed by atoms with Crippen LogP contribution >= 0.6 is 0 Å². The van der Waals surface area contributed by atoms with E-state index in [4.69, 9.17) is 0 Å². The van der Waals surface area contributed by atoms with Crippen LogP contribution in [0.1, 0.15) is 56.1 Å². The van der Waals surface area contributed by atoms with E-state index in [0.717, 1.165) is 45.1 Å². The Morgan fingerprint density at radius 3 is 2.21 bits per heavy atom. The van der Waals surface area contributed by atoms with Crippen LogP contribution in [0.25, 0.3) is 0 Å². The van der Waals surface area contributed by atoms with E-state index in [1.54, 1.807) is 0 Å². The predicted molar refractivity (Wildman–Crippen MR) is 111 cm³/mol. The van der Waals surface area contributed by atoms with Crippen LogP contribution in [-0.4, -0.2) is 60.3 Å². The fraction of sp³-hybridized carbons (Fsp3) is 0.682. The second-order valence-electron chi connectivity index (χ2n) is 8.92. The van der Waals surface area contributed by atoms with Gasteiger partial charge < -0.3 is 4.90 Å². The number of carbonyl (C=O) groups excluding carboxylic acids is 1. The van der Waals surface area contributed by atoms with E-state index >= 15 is 0 Å². The Morgan fingerprint density at radius 1 is 0.964 bits per heavy atom. The van der Waals surface area contributed by atoms with Crippen molar-refractivity contribution in [2.75, 3.05) is 18.1 Å². The van der Waals surface area contributed by atoms with E-state index in [1.807, 2.05) is 4.90 Å². The molecule has 1 aliphatic heterocycles. The summed E-state index contributed by atoms with van der Waals surface area (Å²) in [6.07, 6.45) is 7.23. The number of nitrogens with zero attached hydrogens (tertiary/aromatic N) is 2. The summed E-state index contributed by atoms with van der Waals surface area (Å²) in [5.74, 6) is 0.508. The molecular formula is C22H32N2O3S. The number of carbonyl (C=O) groups is 1. The number of amides is 1. The molecule has 0 N–H and O–H groups in total. The molecule has 154 valence electrons. The lowest BCUT2D eigenvalue weighted by atomic mass is 10.1. The average molecular weight is 405 g/mol. The molecule has 1 aromatic carbocycles. The van der Waals surface area contributed by atoms with Crippen molar-refractivity contribution in [3.05, 3.63) is 35.4 Å². The highest BCUT2D eigenvalue weighted by atomic mass is 32.2. The summed E-state index contributed by atoms with van der Waals surface area (Å²) < 4.78 is 24.1. The lowest BCUT2D eigenvalue weighted by molar-refractivity contribution is -0.137. The number of aryl methyl sites for hydroxylation is 1. The fourth-order valence-corrected chi connectivity index (χ4v) is 6.53. The van der Waals surface area contributed by atoms with E-state index < -0.39 is 9.84 Å². The quantitative estimate of drug-likeness (QED) is 0.701. The van der Waals surface area contributed by atoms with Crippen molar-refractivity contribution in [3.63, 3.8) is 0 Å². The van der Waals surface area contributed by atoms with Crippen LogP contribution < -0.4 is 0 Å². The van der Waals surface area contributed by atoms with Crippen LogP contribution in [0.5, 0.6) is 0 Å². The molecule has 1 saturated heterocycles. The molecular weight excluding hydrogens is 372 g/mol. The monoisotopic (exact) mass is 404 g/mol. The van der Waals surface area contributed by atoms with Gasteiger partial charge in [-0.05, 0) is 44.6 Å². The zero-order valence-corrected chi connectivity index (χ0v) is 17.7. The van der Waals surface area contributed by atoms with Gasteiger partial charge in [0.15, 0.2) is 9.84 Å². The zero-order chi connectivity index (χ0) is 19.7. The third-order valence-electron chi connectivity index (χ3n) is 6.52. The minimum atomic E-state index is -3.00. The summed E-state index contributed by atoms with van der Waals surface area (Å²) in [4.78, 5) is 17.7.